The standard InChI is InChI=1S/C32H33F2N5O8S.C2HF3O2/c1-18(2)48(44,45)27-10-8-22(37-32(43)46-3)15-25(27)26(16-28(40)41)38-30(42)29(20-5-4-6-24(14-20)47-31(33)34)39(35)23-9-7-21-17-36-12-11-19(21)13-23;3-2(4,5)1(6)7/h4-15,17-18,26,29,31H,16,35H2,1-3H3,(H,37,43)(H,38,42)(H,40,41);(H,6,7)/t26-,29-;/m1./s1. The predicted molar refractivity (Wildman–Crippen MR) is 186 cm³/mol. The highest BCUT2D eigenvalue weighted by atomic mass is 32.2. The summed E-state index contributed by atoms with van der Waals surface area (Å²) in [6.07, 6.45) is -3.57. The number of pyridine rings is 1. The number of aliphatic carboxylic acids is 2. The van der Waals surface area contributed by atoms with Crippen LogP contribution < -0.4 is 26.2 Å². The van der Waals surface area contributed by atoms with Crippen LogP contribution in [0, 0.1) is 0 Å². The van der Waals surface area contributed by atoms with E-state index in [1.54, 1.807) is 36.7 Å². The maximum Gasteiger partial charge on any atom is 0.490 e. The molecule has 0 spiro atoms. The van der Waals surface area contributed by atoms with Crippen LogP contribution in [0.5, 0.6) is 5.75 Å². The van der Waals surface area contributed by atoms with Crippen LogP contribution in [0.1, 0.15) is 43.5 Å². The first kappa shape index (κ1) is 43.3. The number of alkyl halides is 5. The Hall–Kier alpha value is -6.09. The molecule has 0 fully saturated rings. The molecular formula is C34H34F5N5O10S. The van der Waals surface area contributed by atoms with Gasteiger partial charge in [0, 0.05) is 23.5 Å². The number of methoxy groups -OCH3 is 1. The fraction of sp³-hybridized carbons (Fsp3) is 0.265. The summed E-state index contributed by atoms with van der Waals surface area (Å²) in [6, 6.07) is 12.7. The predicted octanol–water partition coefficient (Wildman–Crippen LogP) is 5.58. The molecule has 15 nitrogen and oxygen atoms in total. The Morgan fingerprint density at radius 2 is 1.64 bits per heavy atom. The molecule has 0 unspecified atom stereocenters. The number of hydrazine groups is 1. The summed E-state index contributed by atoms with van der Waals surface area (Å²) in [4.78, 5) is 51.0. The normalized spacial score (nSPS) is 12.6. The largest absolute Gasteiger partial charge is 0.490 e. The molecule has 0 aliphatic rings. The number of nitrogens with one attached hydrogen (secondary N) is 2. The highest BCUT2D eigenvalue weighted by Crippen LogP contribution is 2.34. The highest BCUT2D eigenvalue weighted by Gasteiger charge is 2.38. The van der Waals surface area contributed by atoms with Crippen molar-refractivity contribution in [3.05, 3.63) is 90.3 Å². The number of carboxylic acid groups (broad SMARTS) is 2. The van der Waals surface area contributed by atoms with Crippen LogP contribution >= 0.6 is 0 Å². The van der Waals surface area contributed by atoms with Gasteiger partial charge in [-0.2, -0.15) is 22.0 Å². The molecule has 0 saturated heterocycles. The van der Waals surface area contributed by atoms with Crippen LogP contribution in [-0.4, -0.2) is 72.7 Å². The maximum atomic E-state index is 14.3. The Balaban J connectivity index is 0.00000106. The topological polar surface area (TPSA) is 228 Å². The number of sulfone groups is 1. The number of amides is 2. The van der Waals surface area contributed by atoms with E-state index in [4.69, 9.17) is 15.7 Å². The molecule has 2 atom stereocenters. The van der Waals surface area contributed by atoms with E-state index >= 15 is 0 Å². The Morgan fingerprint density at radius 1 is 0.964 bits per heavy atom. The second-order valence-electron chi connectivity index (χ2n) is 11.6. The molecule has 3 aromatic carbocycles. The minimum Gasteiger partial charge on any atom is -0.481 e. The summed E-state index contributed by atoms with van der Waals surface area (Å²) in [5, 5.41) is 23.6. The molecule has 296 valence electrons. The molecule has 55 heavy (non-hydrogen) atoms. The molecule has 1 aromatic heterocycles. The van der Waals surface area contributed by atoms with Gasteiger partial charge < -0.3 is 25.0 Å². The van der Waals surface area contributed by atoms with Gasteiger partial charge in [0.2, 0.25) is 5.91 Å². The minimum absolute atomic E-state index is 0.0590. The molecule has 0 radical (unpaired) electrons. The summed E-state index contributed by atoms with van der Waals surface area (Å²) in [7, 11) is -2.94. The van der Waals surface area contributed by atoms with E-state index in [-0.39, 0.29) is 27.5 Å². The number of hydrogen-bond acceptors (Lipinski definition) is 11. The summed E-state index contributed by atoms with van der Waals surface area (Å²) in [6.45, 7) is -0.301. The number of carboxylic acids is 2. The van der Waals surface area contributed by atoms with Gasteiger partial charge in [0.25, 0.3) is 0 Å². The fourth-order valence-electron chi connectivity index (χ4n) is 4.92. The molecule has 4 rings (SSSR count). The summed E-state index contributed by atoms with van der Waals surface area (Å²) < 4.78 is 94.0. The van der Waals surface area contributed by atoms with Gasteiger partial charge in [-0.1, -0.05) is 18.2 Å². The number of fused-ring (bicyclic) bond motifs is 1. The number of benzene rings is 3. The lowest BCUT2D eigenvalue weighted by atomic mass is 9.99. The van der Waals surface area contributed by atoms with Crippen molar-refractivity contribution in [1.29, 1.82) is 0 Å². The molecule has 0 bridgehead atoms. The zero-order valence-electron chi connectivity index (χ0n) is 29.0. The summed E-state index contributed by atoms with van der Waals surface area (Å²) in [5.41, 5.74) is 0.330. The van der Waals surface area contributed by atoms with Crippen LogP contribution in [-0.2, 0) is 29.0 Å². The molecule has 2 amide bonds. The van der Waals surface area contributed by atoms with Crippen LogP contribution in [0.4, 0.5) is 38.1 Å². The Bertz CT molecular complexity index is 2140. The van der Waals surface area contributed by atoms with E-state index in [1.807, 2.05) is 0 Å². The van der Waals surface area contributed by atoms with Crippen LogP contribution in [0.2, 0.25) is 0 Å². The van der Waals surface area contributed by atoms with Crippen LogP contribution in [0.3, 0.4) is 0 Å². The van der Waals surface area contributed by atoms with E-state index in [2.05, 4.69) is 25.1 Å². The molecule has 1 heterocycles. The van der Waals surface area contributed by atoms with Crippen molar-refractivity contribution >= 4 is 55.9 Å². The van der Waals surface area contributed by atoms with Gasteiger partial charge >= 0.3 is 30.8 Å². The number of nitrogens with two attached hydrogens (primary N) is 1. The number of aromatic nitrogens is 1. The molecule has 4 aromatic rings. The summed E-state index contributed by atoms with van der Waals surface area (Å²) in [5.74, 6) is 1.23. The number of carbonyl (C=O) groups excluding carboxylic acids is 2. The van der Waals surface area contributed by atoms with Crippen molar-refractivity contribution in [3.8, 4) is 5.75 Å². The highest BCUT2D eigenvalue weighted by molar-refractivity contribution is 7.92. The Labute approximate surface area is 309 Å². The number of carbonyl (C=O) groups is 4. The van der Waals surface area contributed by atoms with Crippen molar-refractivity contribution in [2.75, 3.05) is 17.4 Å². The molecule has 0 aliphatic carbocycles. The van der Waals surface area contributed by atoms with Crippen LogP contribution in [0.25, 0.3) is 10.8 Å². The van der Waals surface area contributed by atoms with Gasteiger partial charge in [0.15, 0.2) is 9.84 Å². The van der Waals surface area contributed by atoms with Crippen molar-refractivity contribution < 1.29 is 69.2 Å². The maximum absolute atomic E-state index is 14.3. The molecule has 21 heteroatoms. The van der Waals surface area contributed by atoms with Gasteiger partial charge in [-0.05, 0) is 78.9 Å². The lowest BCUT2D eigenvalue weighted by Gasteiger charge is -2.31. The lowest BCUT2D eigenvalue weighted by molar-refractivity contribution is -0.192. The zero-order chi connectivity index (χ0) is 41.2. The average Bonchev–Trinajstić information content (AvgIpc) is 3.10. The first-order valence-electron chi connectivity index (χ1n) is 15.6. The van der Waals surface area contributed by atoms with E-state index in [9.17, 15) is 49.9 Å². The number of hydrogen-bond donors (Lipinski definition) is 5. The van der Waals surface area contributed by atoms with Gasteiger partial charge in [-0.25, -0.2) is 23.8 Å². The van der Waals surface area contributed by atoms with E-state index in [0.717, 1.165) is 17.5 Å². The lowest BCUT2D eigenvalue weighted by Crippen LogP contribution is -2.46. The molecule has 0 aliphatic heterocycles. The molecular weight excluding hydrogens is 765 g/mol. The number of rotatable bonds is 13. The number of anilines is 2. The van der Waals surface area contributed by atoms with Gasteiger partial charge in [-0.3, -0.25) is 24.9 Å². The van der Waals surface area contributed by atoms with Crippen molar-refractivity contribution in [2.45, 2.75) is 55.3 Å². The minimum atomic E-state index is -5.08. The third kappa shape index (κ3) is 11.7. The van der Waals surface area contributed by atoms with Crippen molar-refractivity contribution in [2.24, 2.45) is 5.84 Å². The average molecular weight is 800 g/mol. The first-order valence-corrected chi connectivity index (χ1v) is 17.2. The number of nitrogens with zero attached hydrogens (tertiary/aromatic N) is 2. The molecule has 0 saturated carbocycles. The van der Waals surface area contributed by atoms with E-state index < -0.39 is 70.3 Å². The SMILES string of the molecule is COC(=O)Nc1ccc(S(=O)(=O)C(C)C)c([C@@H](CC(=O)O)NC(=O)[C@@H](c2cccc(OC(F)F)c2)N(N)c2ccc3cnccc3c2)c1.O=C(O)C(F)(F)F. The second-order valence-corrected chi connectivity index (χ2v) is 14.1. The fourth-order valence-corrected chi connectivity index (χ4v) is 6.22. The Morgan fingerprint density at radius 3 is 2.22 bits per heavy atom. The van der Waals surface area contributed by atoms with E-state index in [1.165, 1.54) is 56.3 Å². The van der Waals surface area contributed by atoms with E-state index in [0.29, 0.717) is 11.1 Å². The monoisotopic (exact) mass is 799 g/mol. The number of halogens is 5. The quantitative estimate of drug-likeness (QED) is 0.0633. The van der Waals surface area contributed by atoms with Crippen molar-refractivity contribution in [3.63, 3.8) is 0 Å². The van der Waals surface area contributed by atoms with Gasteiger partial charge in [0.05, 0.1) is 35.4 Å². The van der Waals surface area contributed by atoms with Gasteiger partial charge in [0.1, 0.15) is 11.8 Å². The number of ether oxygens (including phenoxy) is 2. The third-order valence-electron chi connectivity index (χ3n) is 7.53. The zero-order valence-corrected chi connectivity index (χ0v) is 29.8. The second kappa shape index (κ2) is 18.3. The third-order valence-corrected chi connectivity index (χ3v) is 9.76. The Kier molecular flexibility index (Phi) is 14.4. The van der Waals surface area contributed by atoms with Crippen LogP contribution in [0.15, 0.2) is 84.0 Å². The molecule has 6 N–H and O–H groups in total. The summed E-state index contributed by atoms with van der Waals surface area (Å²) >= 11 is 0. The van der Waals surface area contributed by atoms with Gasteiger partial charge in [-0.15, -0.1) is 0 Å². The van der Waals surface area contributed by atoms with Crippen molar-refractivity contribution in [1.82, 2.24) is 10.3 Å². The smallest absolute Gasteiger partial charge is 0.481 e. The first-order chi connectivity index (χ1) is 25.6.